The quantitative estimate of drug-likeness (QED) is 0.484. The fourth-order valence-electron chi connectivity index (χ4n) is 0.743. The summed E-state index contributed by atoms with van der Waals surface area (Å²) >= 11 is -1.67. The first-order valence-electron chi connectivity index (χ1n) is 3.79. The Labute approximate surface area is 78.5 Å². The molecule has 2 unspecified atom stereocenters. The molecule has 74 valence electrons. The number of esters is 1. The number of hydrogen-bond donors (Lipinski definition) is 0. The maximum absolute atomic E-state index is 10.8. The van der Waals surface area contributed by atoms with E-state index in [1.165, 1.54) is 12.2 Å². The molecule has 13 heavy (non-hydrogen) atoms. The number of carbonyl (C=O) groups is 1. The first-order valence-corrected chi connectivity index (χ1v) is 4.79. The van der Waals surface area contributed by atoms with Gasteiger partial charge in [0.05, 0.1) is 13.2 Å². The Bertz CT molecular complexity index is 237. The van der Waals surface area contributed by atoms with Gasteiger partial charge in [-0.25, -0.2) is 4.79 Å². The third-order valence-electron chi connectivity index (χ3n) is 1.26. The van der Waals surface area contributed by atoms with Crippen molar-refractivity contribution in [2.75, 3.05) is 13.2 Å². The lowest BCUT2D eigenvalue weighted by molar-refractivity contribution is -0.137. The summed E-state index contributed by atoms with van der Waals surface area (Å²) in [5.74, 6) is -0.441. The molecular formula is C7H10O5S. The molecule has 1 aliphatic rings. The Balaban J connectivity index is 2.31. The van der Waals surface area contributed by atoms with Crippen LogP contribution in [-0.4, -0.2) is 29.5 Å². The molecule has 1 rings (SSSR count). The molecule has 0 spiro atoms. The van der Waals surface area contributed by atoms with Crippen molar-refractivity contribution in [3.8, 4) is 0 Å². The van der Waals surface area contributed by atoms with Gasteiger partial charge in [-0.1, -0.05) is 0 Å². The third-order valence-corrected chi connectivity index (χ3v) is 2.00. The molecule has 6 heteroatoms. The van der Waals surface area contributed by atoms with Crippen molar-refractivity contribution >= 4 is 17.3 Å². The SMILES string of the molecule is CCOC(=O)/C=C/C1COS(=O)O1. The molecule has 1 heterocycles. The third kappa shape index (κ3) is 3.67. The second kappa shape index (κ2) is 5.11. The number of hydrogen-bond acceptors (Lipinski definition) is 5. The minimum Gasteiger partial charge on any atom is -0.463 e. The van der Waals surface area contributed by atoms with Gasteiger partial charge in [0, 0.05) is 6.08 Å². The van der Waals surface area contributed by atoms with E-state index in [-0.39, 0.29) is 6.61 Å². The molecule has 1 aliphatic heterocycles. The van der Waals surface area contributed by atoms with Crippen molar-refractivity contribution in [2.45, 2.75) is 13.0 Å². The van der Waals surface area contributed by atoms with E-state index in [0.717, 1.165) is 0 Å². The molecule has 2 atom stereocenters. The molecule has 0 aromatic carbocycles. The van der Waals surface area contributed by atoms with Crippen molar-refractivity contribution in [3.05, 3.63) is 12.2 Å². The van der Waals surface area contributed by atoms with Crippen LogP contribution in [0.25, 0.3) is 0 Å². The average Bonchev–Trinajstić information content (AvgIpc) is 2.49. The zero-order valence-corrected chi connectivity index (χ0v) is 7.91. The van der Waals surface area contributed by atoms with Gasteiger partial charge >= 0.3 is 17.3 Å². The standard InChI is InChI=1S/C7H10O5S/c1-2-10-7(8)4-3-6-5-11-13(9)12-6/h3-4,6H,2,5H2,1H3/b4-3+. The van der Waals surface area contributed by atoms with Crippen molar-refractivity contribution in [1.82, 2.24) is 0 Å². The van der Waals surface area contributed by atoms with E-state index in [9.17, 15) is 9.00 Å². The molecule has 0 N–H and O–H groups in total. The lowest BCUT2D eigenvalue weighted by Gasteiger charge is -1.97. The van der Waals surface area contributed by atoms with Crippen LogP contribution in [0.3, 0.4) is 0 Å². The molecule has 1 saturated heterocycles. The lowest BCUT2D eigenvalue weighted by Crippen LogP contribution is -2.07. The van der Waals surface area contributed by atoms with E-state index in [1.807, 2.05) is 0 Å². The van der Waals surface area contributed by atoms with Crippen LogP contribution in [0.2, 0.25) is 0 Å². The van der Waals surface area contributed by atoms with Gasteiger partial charge in [0.25, 0.3) is 0 Å². The minimum atomic E-state index is -1.67. The number of ether oxygens (including phenoxy) is 1. The summed E-state index contributed by atoms with van der Waals surface area (Å²) in [5.41, 5.74) is 0. The van der Waals surface area contributed by atoms with Gasteiger partial charge < -0.3 is 4.74 Å². The predicted octanol–water partition coefficient (Wildman–Crippen LogP) is 0.0998. The zero-order valence-electron chi connectivity index (χ0n) is 7.10. The minimum absolute atomic E-state index is 0.197. The van der Waals surface area contributed by atoms with Gasteiger partial charge in [0.15, 0.2) is 0 Å². The summed E-state index contributed by atoms with van der Waals surface area (Å²) in [4.78, 5) is 10.8. The Kier molecular flexibility index (Phi) is 4.07. The highest BCUT2D eigenvalue weighted by Gasteiger charge is 2.20. The fraction of sp³-hybridized carbons (Fsp3) is 0.571. The van der Waals surface area contributed by atoms with Gasteiger partial charge in [0.1, 0.15) is 6.10 Å². The first-order chi connectivity index (χ1) is 6.22. The van der Waals surface area contributed by atoms with E-state index in [2.05, 4.69) is 8.92 Å². The molecule has 5 nitrogen and oxygen atoms in total. The van der Waals surface area contributed by atoms with Crippen molar-refractivity contribution in [2.24, 2.45) is 0 Å². The Hall–Kier alpha value is -0.720. The molecule has 0 aliphatic carbocycles. The van der Waals surface area contributed by atoms with Crippen molar-refractivity contribution in [3.63, 3.8) is 0 Å². The van der Waals surface area contributed by atoms with E-state index in [4.69, 9.17) is 4.18 Å². The van der Waals surface area contributed by atoms with Crippen LogP contribution >= 0.6 is 0 Å². The monoisotopic (exact) mass is 206 g/mol. The van der Waals surface area contributed by atoms with E-state index in [0.29, 0.717) is 6.61 Å². The molecule has 0 saturated carbocycles. The van der Waals surface area contributed by atoms with Gasteiger partial charge in [-0.15, -0.1) is 0 Å². The molecule has 0 bridgehead atoms. The molecule has 0 aromatic rings. The number of rotatable bonds is 3. The van der Waals surface area contributed by atoms with E-state index < -0.39 is 23.4 Å². The Morgan fingerprint density at radius 3 is 3.08 bits per heavy atom. The maximum Gasteiger partial charge on any atom is 0.330 e. The van der Waals surface area contributed by atoms with Crippen LogP contribution < -0.4 is 0 Å². The predicted molar refractivity (Wildman–Crippen MR) is 44.7 cm³/mol. The smallest absolute Gasteiger partial charge is 0.330 e. The van der Waals surface area contributed by atoms with Crippen LogP contribution in [-0.2, 0) is 29.3 Å². The van der Waals surface area contributed by atoms with E-state index >= 15 is 0 Å². The highest BCUT2D eigenvalue weighted by molar-refractivity contribution is 7.75. The second-order valence-corrected chi connectivity index (χ2v) is 3.07. The van der Waals surface area contributed by atoms with Crippen LogP contribution in [0.4, 0.5) is 0 Å². The highest BCUT2D eigenvalue weighted by atomic mass is 32.2. The highest BCUT2D eigenvalue weighted by Crippen LogP contribution is 2.09. The van der Waals surface area contributed by atoms with Gasteiger partial charge in [0.2, 0.25) is 0 Å². The Morgan fingerprint density at radius 2 is 2.54 bits per heavy atom. The molecule has 0 radical (unpaired) electrons. The average molecular weight is 206 g/mol. The fourth-order valence-corrected chi connectivity index (χ4v) is 1.37. The number of carbonyl (C=O) groups excluding carboxylic acids is 1. The normalized spacial score (nSPS) is 28.1. The first kappa shape index (κ1) is 10.4. The summed E-state index contributed by atoms with van der Waals surface area (Å²) in [6, 6.07) is 0. The van der Waals surface area contributed by atoms with Crippen LogP contribution in [0.5, 0.6) is 0 Å². The van der Waals surface area contributed by atoms with Crippen LogP contribution in [0, 0.1) is 0 Å². The molecule has 0 aromatic heterocycles. The summed E-state index contributed by atoms with van der Waals surface area (Å²) in [7, 11) is 0. The van der Waals surface area contributed by atoms with Crippen molar-refractivity contribution in [1.29, 1.82) is 0 Å². The summed E-state index contributed by atoms with van der Waals surface area (Å²) in [6.07, 6.45) is 2.27. The van der Waals surface area contributed by atoms with Gasteiger partial charge in [-0.2, -0.15) is 4.21 Å². The van der Waals surface area contributed by atoms with Gasteiger partial charge in [-0.05, 0) is 13.0 Å². The van der Waals surface area contributed by atoms with Crippen LogP contribution in [0.1, 0.15) is 6.92 Å². The Morgan fingerprint density at radius 1 is 1.77 bits per heavy atom. The van der Waals surface area contributed by atoms with Gasteiger partial charge in [-0.3, -0.25) is 8.37 Å². The molecule has 1 fully saturated rings. The zero-order chi connectivity index (χ0) is 9.68. The molecular weight excluding hydrogens is 196 g/mol. The van der Waals surface area contributed by atoms with Crippen molar-refractivity contribution < 1.29 is 22.1 Å². The topological polar surface area (TPSA) is 61.8 Å². The summed E-state index contributed by atoms with van der Waals surface area (Å²) < 4.78 is 24.5. The largest absolute Gasteiger partial charge is 0.463 e. The second-order valence-electron chi connectivity index (χ2n) is 2.23. The maximum atomic E-state index is 10.8. The summed E-state index contributed by atoms with van der Waals surface area (Å²) in [5, 5.41) is 0. The molecule has 0 amide bonds. The lowest BCUT2D eigenvalue weighted by atomic mass is 10.3. The summed E-state index contributed by atoms with van der Waals surface area (Å²) in [6.45, 7) is 2.25. The van der Waals surface area contributed by atoms with E-state index in [1.54, 1.807) is 6.92 Å². The van der Waals surface area contributed by atoms with Crippen LogP contribution in [0.15, 0.2) is 12.2 Å².